The highest BCUT2D eigenvalue weighted by molar-refractivity contribution is 6.06. The molecule has 0 amide bonds. The SMILES string of the molecule is C=C1Cc2cc(CC(=O)C(N=Nc3ccccc3C(=O)O)C(C)=O)ccc2N1. The Hall–Kier alpha value is -3.61. The molecule has 0 aromatic heterocycles. The minimum absolute atomic E-state index is 0.0313. The van der Waals surface area contributed by atoms with Crippen molar-refractivity contribution >= 4 is 28.9 Å². The number of hydrogen-bond acceptors (Lipinski definition) is 6. The van der Waals surface area contributed by atoms with Gasteiger partial charge in [0.25, 0.3) is 0 Å². The van der Waals surface area contributed by atoms with E-state index in [9.17, 15) is 19.5 Å². The Kier molecular flexibility index (Phi) is 5.44. The molecule has 1 aliphatic rings. The largest absolute Gasteiger partial charge is 0.478 e. The molecule has 28 heavy (non-hydrogen) atoms. The van der Waals surface area contributed by atoms with Crippen LogP contribution in [0.1, 0.15) is 28.4 Å². The summed E-state index contributed by atoms with van der Waals surface area (Å²) in [6.07, 6.45) is 0.725. The first-order valence-corrected chi connectivity index (χ1v) is 8.68. The van der Waals surface area contributed by atoms with Gasteiger partial charge in [-0.1, -0.05) is 30.8 Å². The van der Waals surface area contributed by atoms with Gasteiger partial charge < -0.3 is 10.4 Å². The normalized spacial score (nSPS) is 13.8. The van der Waals surface area contributed by atoms with Crippen LogP contribution in [0.2, 0.25) is 0 Å². The van der Waals surface area contributed by atoms with Crippen molar-refractivity contribution in [1.82, 2.24) is 0 Å². The van der Waals surface area contributed by atoms with Crippen LogP contribution in [0, 0.1) is 0 Å². The quantitative estimate of drug-likeness (QED) is 0.565. The van der Waals surface area contributed by atoms with Crippen molar-refractivity contribution in [3.05, 3.63) is 71.4 Å². The van der Waals surface area contributed by atoms with E-state index in [0.29, 0.717) is 6.42 Å². The van der Waals surface area contributed by atoms with E-state index >= 15 is 0 Å². The number of nitrogens with zero attached hydrogens (tertiary/aromatic N) is 2. The Morgan fingerprint density at radius 2 is 1.96 bits per heavy atom. The van der Waals surface area contributed by atoms with Crippen LogP contribution < -0.4 is 5.32 Å². The molecule has 0 fully saturated rings. The molecule has 1 aliphatic heterocycles. The van der Waals surface area contributed by atoms with Crippen LogP contribution in [0.15, 0.2) is 65.0 Å². The Labute approximate surface area is 161 Å². The molecule has 7 nitrogen and oxygen atoms in total. The first-order chi connectivity index (χ1) is 13.3. The number of ketones is 2. The number of anilines is 1. The van der Waals surface area contributed by atoms with Crippen LogP contribution in [-0.4, -0.2) is 28.7 Å². The van der Waals surface area contributed by atoms with Gasteiger partial charge in [0.2, 0.25) is 0 Å². The maximum atomic E-state index is 12.6. The molecule has 0 bridgehead atoms. The average molecular weight is 377 g/mol. The molecule has 1 unspecified atom stereocenters. The molecule has 7 heteroatoms. The fourth-order valence-corrected chi connectivity index (χ4v) is 3.02. The van der Waals surface area contributed by atoms with Crippen LogP contribution in [0.25, 0.3) is 0 Å². The van der Waals surface area contributed by atoms with Crippen molar-refractivity contribution in [1.29, 1.82) is 0 Å². The number of carboxylic acids is 1. The fourth-order valence-electron chi connectivity index (χ4n) is 3.02. The summed E-state index contributed by atoms with van der Waals surface area (Å²) in [4.78, 5) is 35.8. The number of carbonyl (C=O) groups excluding carboxylic acids is 2. The van der Waals surface area contributed by atoms with Crippen LogP contribution in [0.5, 0.6) is 0 Å². The van der Waals surface area contributed by atoms with Gasteiger partial charge >= 0.3 is 5.97 Å². The van der Waals surface area contributed by atoms with E-state index in [1.165, 1.54) is 19.1 Å². The summed E-state index contributed by atoms with van der Waals surface area (Å²) in [5.41, 5.74) is 3.73. The molecule has 0 spiro atoms. The lowest BCUT2D eigenvalue weighted by atomic mass is 9.99. The topological polar surface area (TPSA) is 108 Å². The molecule has 0 aliphatic carbocycles. The van der Waals surface area contributed by atoms with Crippen molar-refractivity contribution in [2.24, 2.45) is 10.2 Å². The predicted molar refractivity (Wildman–Crippen MR) is 104 cm³/mol. The van der Waals surface area contributed by atoms with E-state index in [2.05, 4.69) is 22.1 Å². The molecular formula is C21H19N3O4. The molecule has 0 radical (unpaired) electrons. The first kappa shape index (κ1) is 19.2. The molecule has 0 saturated heterocycles. The maximum absolute atomic E-state index is 12.6. The standard InChI is InChI=1S/C21H19N3O4/c1-12-9-15-10-14(7-8-17(15)22-12)11-19(26)20(13(2)25)24-23-18-6-4-3-5-16(18)21(27)28/h3-8,10,20,22H,1,9,11H2,2H3,(H,27,28). The zero-order valence-corrected chi connectivity index (χ0v) is 15.3. The van der Waals surface area contributed by atoms with E-state index in [-0.39, 0.29) is 17.7 Å². The lowest BCUT2D eigenvalue weighted by molar-refractivity contribution is -0.127. The van der Waals surface area contributed by atoms with Gasteiger partial charge in [-0.3, -0.25) is 9.59 Å². The molecule has 2 N–H and O–H groups in total. The van der Waals surface area contributed by atoms with Gasteiger partial charge in [0.15, 0.2) is 17.6 Å². The second-order valence-electron chi connectivity index (χ2n) is 6.59. The van der Waals surface area contributed by atoms with Crippen molar-refractivity contribution in [3.8, 4) is 0 Å². The minimum atomic E-state index is -1.27. The summed E-state index contributed by atoms with van der Waals surface area (Å²) in [5, 5.41) is 20.1. The molecule has 142 valence electrons. The van der Waals surface area contributed by atoms with E-state index in [0.717, 1.165) is 22.5 Å². The van der Waals surface area contributed by atoms with Crippen LogP contribution in [0.3, 0.4) is 0 Å². The predicted octanol–water partition coefficient (Wildman–Crippen LogP) is 3.72. The molecule has 1 heterocycles. The van der Waals surface area contributed by atoms with Crippen molar-refractivity contribution in [3.63, 3.8) is 0 Å². The smallest absolute Gasteiger partial charge is 0.337 e. The van der Waals surface area contributed by atoms with E-state index in [1.807, 2.05) is 18.2 Å². The fraction of sp³-hybridized carbons (Fsp3) is 0.190. The summed E-state index contributed by atoms with van der Waals surface area (Å²) >= 11 is 0. The van der Waals surface area contributed by atoms with Gasteiger partial charge in [0.05, 0.1) is 11.3 Å². The highest BCUT2D eigenvalue weighted by atomic mass is 16.4. The lowest BCUT2D eigenvalue weighted by Gasteiger charge is -2.08. The van der Waals surface area contributed by atoms with Crippen molar-refractivity contribution in [2.75, 3.05) is 5.32 Å². The second-order valence-corrected chi connectivity index (χ2v) is 6.59. The van der Waals surface area contributed by atoms with E-state index in [4.69, 9.17) is 0 Å². The molecule has 2 aromatic carbocycles. The Bertz CT molecular complexity index is 1010. The number of rotatable bonds is 7. The Morgan fingerprint density at radius 1 is 1.21 bits per heavy atom. The van der Waals surface area contributed by atoms with E-state index < -0.39 is 23.6 Å². The van der Waals surface area contributed by atoms with Gasteiger partial charge in [0, 0.05) is 24.2 Å². The van der Waals surface area contributed by atoms with Crippen LogP contribution in [-0.2, 0) is 22.4 Å². The van der Waals surface area contributed by atoms with Gasteiger partial charge in [0.1, 0.15) is 0 Å². The number of benzene rings is 2. The molecule has 0 saturated carbocycles. The monoisotopic (exact) mass is 377 g/mol. The lowest BCUT2D eigenvalue weighted by Crippen LogP contribution is -2.27. The first-order valence-electron chi connectivity index (χ1n) is 8.68. The van der Waals surface area contributed by atoms with E-state index in [1.54, 1.807) is 12.1 Å². The number of hydrogen-bond donors (Lipinski definition) is 2. The highest BCUT2D eigenvalue weighted by Gasteiger charge is 2.24. The molecule has 2 aromatic rings. The van der Waals surface area contributed by atoms with Crippen molar-refractivity contribution < 1.29 is 19.5 Å². The Balaban J connectivity index is 1.79. The minimum Gasteiger partial charge on any atom is -0.478 e. The molecule has 1 atom stereocenters. The number of fused-ring (bicyclic) bond motifs is 1. The zero-order valence-electron chi connectivity index (χ0n) is 15.3. The van der Waals surface area contributed by atoms with Crippen LogP contribution in [0.4, 0.5) is 11.4 Å². The number of carbonyl (C=O) groups is 3. The van der Waals surface area contributed by atoms with Gasteiger partial charge in [-0.25, -0.2) is 4.79 Å². The van der Waals surface area contributed by atoms with Gasteiger partial charge in [-0.2, -0.15) is 10.2 Å². The van der Waals surface area contributed by atoms with Gasteiger partial charge in [-0.15, -0.1) is 0 Å². The van der Waals surface area contributed by atoms with Crippen LogP contribution >= 0.6 is 0 Å². The summed E-state index contributed by atoms with van der Waals surface area (Å²) in [7, 11) is 0. The van der Waals surface area contributed by atoms with Gasteiger partial charge in [-0.05, 0) is 36.2 Å². The zero-order chi connectivity index (χ0) is 20.3. The number of allylic oxidation sites excluding steroid dienone is 1. The maximum Gasteiger partial charge on any atom is 0.337 e. The third kappa shape index (κ3) is 4.20. The second kappa shape index (κ2) is 7.96. The average Bonchev–Trinajstić information content (AvgIpc) is 3.01. The summed E-state index contributed by atoms with van der Waals surface area (Å²) in [6, 6.07) is 10.4. The molecular weight excluding hydrogens is 358 g/mol. The number of aromatic carboxylic acids is 1. The number of Topliss-reactive ketones (excluding diaryl/α,β-unsaturated/α-hetero) is 2. The summed E-state index contributed by atoms with van der Waals surface area (Å²) < 4.78 is 0. The third-order valence-corrected chi connectivity index (χ3v) is 4.37. The number of carboxylic acid groups (broad SMARTS) is 1. The van der Waals surface area contributed by atoms with Crippen molar-refractivity contribution in [2.45, 2.75) is 25.8 Å². The number of nitrogens with one attached hydrogen (secondary N) is 1. The third-order valence-electron chi connectivity index (χ3n) is 4.37. The summed E-state index contributed by atoms with van der Waals surface area (Å²) in [6.45, 7) is 5.16. The molecule has 3 rings (SSSR count). The highest BCUT2D eigenvalue weighted by Crippen LogP contribution is 2.28. The number of azo groups is 1. The summed E-state index contributed by atoms with van der Waals surface area (Å²) in [5.74, 6) is -2.00. The Morgan fingerprint density at radius 3 is 2.68 bits per heavy atom.